The van der Waals surface area contributed by atoms with Gasteiger partial charge in [0.15, 0.2) is 28.1 Å². The standard InChI is InChI=1S/C19H17N3O5S/c1-24-14-5-3-11(7-16(14)25-2)20-18(23)13-9-28-19(22-13)21-12-4-6-15-17(8-12)27-10-26-15/h3-9H,10H2,1-2H3,(H,20,23)(H,21,22). The molecule has 8 nitrogen and oxygen atoms in total. The number of aromatic nitrogens is 1. The molecule has 0 saturated heterocycles. The molecule has 1 aromatic heterocycles. The molecule has 0 fully saturated rings. The summed E-state index contributed by atoms with van der Waals surface area (Å²) in [5.41, 5.74) is 1.69. The van der Waals surface area contributed by atoms with E-state index in [4.69, 9.17) is 18.9 Å². The number of methoxy groups -OCH3 is 2. The monoisotopic (exact) mass is 399 g/mol. The Morgan fingerprint density at radius 1 is 1.04 bits per heavy atom. The van der Waals surface area contributed by atoms with Crippen molar-refractivity contribution < 1.29 is 23.7 Å². The van der Waals surface area contributed by atoms with Gasteiger partial charge < -0.3 is 29.6 Å². The summed E-state index contributed by atoms with van der Waals surface area (Å²) in [7, 11) is 3.10. The Labute approximate surface area is 165 Å². The van der Waals surface area contributed by atoms with Crippen molar-refractivity contribution in [3.05, 3.63) is 47.5 Å². The second-order valence-electron chi connectivity index (χ2n) is 5.75. The number of anilines is 3. The van der Waals surface area contributed by atoms with Gasteiger partial charge >= 0.3 is 0 Å². The van der Waals surface area contributed by atoms with Gasteiger partial charge in [-0.25, -0.2) is 4.98 Å². The van der Waals surface area contributed by atoms with E-state index in [0.717, 1.165) is 5.69 Å². The van der Waals surface area contributed by atoms with E-state index in [9.17, 15) is 4.79 Å². The summed E-state index contributed by atoms with van der Waals surface area (Å²) in [6.45, 7) is 0.219. The van der Waals surface area contributed by atoms with Crippen LogP contribution in [-0.4, -0.2) is 31.9 Å². The van der Waals surface area contributed by atoms with E-state index in [1.807, 2.05) is 18.2 Å². The molecule has 1 amide bonds. The minimum atomic E-state index is -0.317. The fraction of sp³-hybridized carbons (Fsp3) is 0.158. The molecule has 0 atom stereocenters. The van der Waals surface area contributed by atoms with E-state index in [-0.39, 0.29) is 12.7 Å². The number of amides is 1. The number of hydrogen-bond donors (Lipinski definition) is 2. The maximum Gasteiger partial charge on any atom is 0.275 e. The Kier molecular flexibility index (Phi) is 4.90. The molecule has 0 saturated carbocycles. The van der Waals surface area contributed by atoms with Crippen LogP contribution in [0.1, 0.15) is 10.5 Å². The van der Waals surface area contributed by atoms with Crippen molar-refractivity contribution in [3.8, 4) is 23.0 Å². The molecule has 1 aliphatic heterocycles. The predicted octanol–water partition coefficient (Wildman–Crippen LogP) is 3.88. The molecule has 144 valence electrons. The van der Waals surface area contributed by atoms with Gasteiger partial charge in [0.05, 0.1) is 14.2 Å². The summed E-state index contributed by atoms with van der Waals surface area (Å²) in [5.74, 6) is 2.18. The zero-order valence-corrected chi connectivity index (χ0v) is 16.0. The highest BCUT2D eigenvalue weighted by Gasteiger charge is 2.15. The van der Waals surface area contributed by atoms with Crippen molar-refractivity contribution in [2.45, 2.75) is 0 Å². The summed E-state index contributed by atoms with van der Waals surface area (Å²) in [6, 6.07) is 10.7. The predicted molar refractivity (Wildman–Crippen MR) is 105 cm³/mol. The molecule has 2 heterocycles. The first-order valence-electron chi connectivity index (χ1n) is 8.32. The van der Waals surface area contributed by atoms with Gasteiger partial charge in [-0.05, 0) is 24.3 Å². The van der Waals surface area contributed by atoms with Crippen molar-refractivity contribution in [3.63, 3.8) is 0 Å². The van der Waals surface area contributed by atoms with Gasteiger partial charge in [-0.15, -0.1) is 11.3 Å². The summed E-state index contributed by atoms with van der Waals surface area (Å²) < 4.78 is 21.1. The molecule has 9 heteroatoms. The van der Waals surface area contributed by atoms with E-state index >= 15 is 0 Å². The lowest BCUT2D eigenvalue weighted by atomic mass is 10.2. The Morgan fingerprint density at radius 2 is 1.82 bits per heavy atom. The summed E-state index contributed by atoms with van der Waals surface area (Å²) >= 11 is 1.33. The molecule has 4 rings (SSSR count). The summed E-state index contributed by atoms with van der Waals surface area (Å²) in [6.07, 6.45) is 0. The third-order valence-electron chi connectivity index (χ3n) is 4.00. The number of carbonyl (C=O) groups excluding carboxylic acids is 1. The second kappa shape index (κ2) is 7.65. The van der Waals surface area contributed by atoms with Crippen molar-refractivity contribution in [1.29, 1.82) is 0 Å². The Hall–Kier alpha value is -3.46. The normalized spacial score (nSPS) is 11.8. The van der Waals surface area contributed by atoms with Crippen LogP contribution in [0.5, 0.6) is 23.0 Å². The smallest absolute Gasteiger partial charge is 0.275 e. The molecule has 0 aliphatic carbocycles. The van der Waals surface area contributed by atoms with Crippen LogP contribution in [-0.2, 0) is 0 Å². The highest BCUT2D eigenvalue weighted by molar-refractivity contribution is 7.14. The lowest BCUT2D eigenvalue weighted by molar-refractivity contribution is 0.102. The highest BCUT2D eigenvalue weighted by Crippen LogP contribution is 2.35. The van der Waals surface area contributed by atoms with Crippen molar-refractivity contribution in [2.75, 3.05) is 31.6 Å². The lowest BCUT2D eigenvalue weighted by Gasteiger charge is -2.10. The SMILES string of the molecule is COc1ccc(NC(=O)c2csc(Nc3ccc4c(c3)OCO4)n2)cc1OC. The first kappa shape index (κ1) is 17.9. The van der Waals surface area contributed by atoms with Crippen LogP contribution in [0.15, 0.2) is 41.8 Å². The van der Waals surface area contributed by atoms with E-state index in [0.29, 0.717) is 39.5 Å². The van der Waals surface area contributed by atoms with Gasteiger partial charge in [0.1, 0.15) is 5.69 Å². The number of rotatable bonds is 6. The lowest BCUT2D eigenvalue weighted by Crippen LogP contribution is -2.12. The fourth-order valence-electron chi connectivity index (χ4n) is 2.64. The molecule has 1 aliphatic rings. The van der Waals surface area contributed by atoms with Crippen LogP contribution in [0.4, 0.5) is 16.5 Å². The molecule has 3 aromatic rings. The van der Waals surface area contributed by atoms with Crippen LogP contribution in [0.3, 0.4) is 0 Å². The van der Waals surface area contributed by atoms with Crippen LogP contribution in [0.25, 0.3) is 0 Å². The first-order valence-corrected chi connectivity index (χ1v) is 9.20. The topological polar surface area (TPSA) is 90.9 Å². The number of fused-ring (bicyclic) bond motifs is 1. The van der Waals surface area contributed by atoms with Gasteiger partial charge in [-0.3, -0.25) is 4.79 Å². The fourth-order valence-corrected chi connectivity index (χ4v) is 3.35. The Balaban J connectivity index is 1.44. The molecule has 2 N–H and O–H groups in total. The Bertz CT molecular complexity index is 1020. The molecule has 0 radical (unpaired) electrons. The maximum absolute atomic E-state index is 12.5. The largest absolute Gasteiger partial charge is 0.493 e. The summed E-state index contributed by atoms with van der Waals surface area (Å²) in [4.78, 5) is 16.8. The zero-order chi connectivity index (χ0) is 19.5. The molecular formula is C19H17N3O5S. The van der Waals surface area contributed by atoms with E-state index in [1.54, 1.807) is 30.7 Å². The second-order valence-corrected chi connectivity index (χ2v) is 6.61. The average Bonchev–Trinajstić information content (AvgIpc) is 3.37. The highest BCUT2D eigenvalue weighted by atomic mass is 32.1. The minimum absolute atomic E-state index is 0.219. The van der Waals surface area contributed by atoms with Crippen LogP contribution >= 0.6 is 11.3 Å². The molecular weight excluding hydrogens is 382 g/mol. The number of benzene rings is 2. The van der Waals surface area contributed by atoms with Crippen molar-refractivity contribution in [2.24, 2.45) is 0 Å². The molecule has 0 spiro atoms. The maximum atomic E-state index is 12.5. The third-order valence-corrected chi connectivity index (χ3v) is 4.76. The van der Waals surface area contributed by atoms with Gasteiger partial charge in [-0.1, -0.05) is 0 Å². The molecule has 0 bridgehead atoms. The molecule has 28 heavy (non-hydrogen) atoms. The number of ether oxygens (including phenoxy) is 4. The summed E-state index contributed by atoms with van der Waals surface area (Å²) in [5, 5.41) is 8.24. The number of nitrogens with one attached hydrogen (secondary N) is 2. The Morgan fingerprint density at radius 3 is 2.64 bits per heavy atom. The van der Waals surface area contributed by atoms with E-state index in [1.165, 1.54) is 18.4 Å². The van der Waals surface area contributed by atoms with Gasteiger partial charge in [-0.2, -0.15) is 0 Å². The third kappa shape index (κ3) is 3.65. The van der Waals surface area contributed by atoms with Crippen LogP contribution in [0.2, 0.25) is 0 Å². The number of carbonyl (C=O) groups is 1. The van der Waals surface area contributed by atoms with Crippen LogP contribution in [0, 0.1) is 0 Å². The number of nitrogens with zero attached hydrogens (tertiary/aromatic N) is 1. The molecule has 2 aromatic carbocycles. The minimum Gasteiger partial charge on any atom is -0.493 e. The van der Waals surface area contributed by atoms with Crippen LogP contribution < -0.4 is 29.6 Å². The van der Waals surface area contributed by atoms with E-state index < -0.39 is 0 Å². The quantitative estimate of drug-likeness (QED) is 0.650. The molecule has 0 unspecified atom stereocenters. The van der Waals surface area contributed by atoms with Gasteiger partial charge in [0.2, 0.25) is 6.79 Å². The van der Waals surface area contributed by atoms with Crippen molar-refractivity contribution >= 4 is 33.8 Å². The zero-order valence-electron chi connectivity index (χ0n) is 15.1. The first-order chi connectivity index (χ1) is 13.7. The number of thiazole rings is 1. The van der Waals surface area contributed by atoms with Gasteiger partial charge in [0.25, 0.3) is 5.91 Å². The van der Waals surface area contributed by atoms with Crippen molar-refractivity contribution in [1.82, 2.24) is 4.98 Å². The van der Waals surface area contributed by atoms with E-state index in [2.05, 4.69) is 15.6 Å². The van der Waals surface area contributed by atoms with Gasteiger partial charge in [0, 0.05) is 28.9 Å². The number of hydrogen-bond acceptors (Lipinski definition) is 8. The average molecular weight is 399 g/mol.